The van der Waals surface area contributed by atoms with E-state index in [1.807, 2.05) is 45.2 Å². The second-order valence-corrected chi connectivity index (χ2v) is 7.97. The van der Waals surface area contributed by atoms with Crippen LogP contribution in [0.2, 0.25) is 0 Å². The summed E-state index contributed by atoms with van der Waals surface area (Å²) in [6, 6.07) is 11.7. The summed E-state index contributed by atoms with van der Waals surface area (Å²) in [6.07, 6.45) is 0. The van der Waals surface area contributed by atoms with Crippen LogP contribution in [0.25, 0.3) is 0 Å². The summed E-state index contributed by atoms with van der Waals surface area (Å²) in [5.41, 5.74) is 1.88. The Kier molecular flexibility index (Phi) is 6.33. The van der Waals surface area contributed by atoms with Crippen molar-refractivity contribution in [2.45, 2.75) is 39.3 Å². The first-order chi connectivity index (χ1) is 11.7. The van der Waals surface area contributed by atoms with E-state index in [2.05, 4.69) is 40.2 Å². The van der Waals surface area contributed by atoms with Gasteiger partial charge in [-0.05, 0) is 44.7 Å². The molecule has 5 nitrogen and oxygen atoms in total. The Morgan fingerprint density at radius 3 is 2.36 bits per heavy atom. The Morgan fingerprint density at radius 1 is 1.12 bits per heavy atom. The number of hydrogen-bond acceptors (Lipinski definition) is 4. The molecule has 3 amide bonds. The summed E-state index contributed by atoms with van der Waals surface area (Å²) in [6.45, 7) is 7.67. The lowest BCUT2D eigenvalue weighted by molar-refractivity contribution is -0.119. The van der Waals surface area contributed by atoms with Crippen LogP contribution in [0.5, 0.6) is 0 Å². The van der Waals surface area contributed by atoms with Crippen LogP contribution in [0.3, 0.4) is 0 Å². The quantitative estimate of drug-likeness (QED) is 0.767. The molecule has 0 aliphatic carbocycles. The molecule has 0 aliphatic heterocycles. The van der Waals surface area contributed by atoms with Gasteiger partial charge in [0.25, 0.3) is 0 Å². The fraction of sp³-hybridized carbons (Fsp3) is 0.368. The fourth-order valence-electron chi connectivity index (χ4n) is 2.33. The highest BCUT2D eigenvalue weighted by atomic mass is 32.1. The van der Waals surface area contributed by atoms with Crippen LogP contribution in [-0.4, -0.2) is 24.0 Å². The van der Waals surface area contributed by atoms with Gasteiger partial charge >= 0.3 is 6.03 Å². The molecule has 2 aromatic rings. The molecule has 1 atom stereocenters. The zero-order valence-corrected chi connectivity index (χ0v) is 15.9. The molecular formula is C19H25N3O2S. The van der Waals surface area contributed by atoms with Crippen molar-refractivity contribution in [1.82, 2.24) is 16.0 Å². The first-order valence-corrected chi connectivity index (χ1v) is 9.08. The molecule has 0 spiro atoms. The molecule has 0 fully saturated rings. The Morgan fingerprint density at radius 2 is 1.80 bits per heavy atom. The Bertz CT molecular complexity index is 703. The number of carbonyl (C=O) groups excluding carboxylic acids is 2. The average Bonchev–Trinajstić information content (AvgIpc) is 3.01. The molecule has 25 heavy (non-hydrogen) atoms. The first-order valence-electron chi connectivity index (χ1n) is 8.20. The second kappa shape index (κ2) is 8.27. The third-order valence-corrected chi connectivity index (χ3v) is 4.38. The number of benzene rings is 1. The number of nitrogens with one attached hydrogen (secondary N) is 3. The summed E-state index contributed by atoms with van der Waals surface area (Å²) < 4.78 is 0. The van der Waals surface area contributed by atoms with Crippen molar-refractivity contribution in [1.29, 1.82) is 0 Å². The highest BCUT2D eigenvalue weighted by Gasteiger charge is 2.18. The molecule has 1 aromatic heterocycles. The van der Waals surface area contributed by atoms with Crippen molar-refractivity contribution in [2.24, 2.45) is 0 Å². The minimum Gasteiger partial charge on any atom is -0.333 e. The third-order valence-electron chi connectivity index (χ3n) is 3.45. The van der Waals surface area contributed by atoms with E-state index in [4.69, 9.17) is 0 Å². The van der Waals surface area contributed by atoms with Crippen molar-refractivity contribution in [2.75, 3.05) is 6.54 Å². The van der Waals surface area contributed by atoms with E-state index in [1.54, 1.807) is 11.3 Å². The van der Waals surface area contributed by atoms with Crippen LogP contribution < -0.4 is 16.0 Å². The van der Waals surface area contributed by atoms with E-state index < -0.39 is 6.03 Å². The van der Waals surface area contributed by atoms with Gasteiger partial charge in [0, 0.05) is 10.4 Å². The lowest BCUT2D eigenvalue weighted by Gasteiger charge is -2.21. The van der Waals surface area contributed by atoms with Crippen molar-refractivity contribution in [3.05, 3.63) is 57.8 Å². The molecule has 0 bridgehead atoms. The number of thiophene rings is 1. The monoisotopic (exact) mass is 359 g/mol. The molecule has 134 valence electrons. The molecule has 0 aliphatic rings. The van der Waals surface area contributed by atoms with E-state index in [9.17, 15) is 9.59 Å². The van der Waals surface area contributed by atoms with Crippen LogP contribution in [0.15, 0.2) is 41.8 Å². The van der Waals surface area contributed by atoms with Gasteiger partial charge in [0.1, 0.15) is 0 Å². The molecule has 6 heteroatoms. The number of hydrogen-bond donors (Lipinski definition) is 3. The maximum atomic E-state index is 12.1. The van der Waals surface area contributed by atoms with E-state index in [0.29, 0.717) is 0 Å². The number of carbonyl (C=O) groups is 2. The lowest BCUT2D eigenvalue weighted by atomic mass is 10.0. The summed E-state index contributed by atoms with van der Waals surface area (Å²) in [5, 5.41) is 10.3. The molecule has 1 heterocycles. The molecule has 3 N–H and O–H groups in total. The van der Waals surface area contributed by atoms with Gasteiger partial charge in [0.05, 0.1) is 12.6 Å². The number of rotatable bonds is 5. The SMILES string of the molecule is Cc1ccc([C@@H](NCC(=O)NC(=O)NC(C)(C)C)c2cccs2)cc1. The third kappa shape index (κ3) is 6.32. The highest BCUT2D eigenvalue weighted by molar-refractivity contribution is 7.10. The van der Waals surface area contributed by atoms with Crippen LogP contribution >= 0.6 is 11.3 Å². The fourth-order valence-corrected chi connectivity index (χ4v) is 3.16. The number of urea groups is 1. The molecular weight excluding hydrogens is 334 g/mol. The molecule has 1 aromatic carbocycles. The zero-order chi connectivity index (χ0) is 18.4. The molecule has 0 radical (unpaired) electrons. The zero-order valence-electron chi connectivity index (χ0n) is 15.1. The minimum atomic E-state index is -0.484. The van der Waals surface area contributed by atoms with Gasteiger partial charge in [0.2, 0.25) is 5.91 Å². The van der Waals surface area contributed by atoms with Crippen molar-refractivity contribution < 1.29 is 9.59 Å². The highest BCUT2D eigenvalue weighted by Crippen LogP contribution is 2.26. The van der Waals surface area contributed by atoms with Crippen LogP contribution in [0, 0.1) is 6.92 Å². The predicted octanol–water partition coefficient (Wildman–Crippen LogP) is 3.36. The number of aryl methyl sites for hydroxylation is 1. The van der Waals surface area contributed by atoms with E-state index in [0.717, 1.165) is 10.4 Å². The normalized spacial score (nSPS) is 12.5. The largest absolute Gasteiger partial charge is 0.333 e. The van der Waals surface area contributed by atoms with Gasteiger partial charge in [-0.3, -0.25) is 15.4 Å². The Balaban J connectivity index is 2.00. The Hall–Kier alpha value is -2.18. The number of amides is 3. The van der Waals surface area contributed by atoms with Gasteiger partial charge < -0.3 is 5.32 Å². The predicted molar refractivity (Wildman–Crippen MR) is 102 cm³/mol. The maximum Gasteiger partial charge on any atom is 0.321 e. The van der Waals surface area contributed by atoms with Crippen molar-refractivity contribution >= 4 is 23.3 Å². The van der Waals surface area contributed by atoms with Gasteiger partial charge in [-0.2, -0.15) is 0 Å². The van der Waals surface area contributed by atoms with E-state index >= 15 is 0 Å². The summed E-state index contributed by atoms with van der Waals surface area (Å²) in [4.78, 5) is 25.0. The summed E-state index contributed by atoms with van der Waals surface area (Å²) >= 11 is 1.63. The first kappa shape index (κ1) is 19.1. The maximum absolute atomic E-state index is 12.1. The smallest absolute Gasteiger partial charge is 0.321 e. The molecule has 0 saturated heterocycles. The van der Waals surface area contributed by atoms with Gasteiger partial charge in [-0.15, -0.1) is 11.3 Å². The van der Waals surface area contributed by atoms with Gasteiger partial charge in [0.15, 0.2) is 0 Å². The van der Waals surface area contributed by atoms with Crippen LogP contribution in [0.4, 0.5) is 4.79 Å². The Labute approximate surface area is 152 Å². The van der Waals surface area contributed by atoms with Crippen molar-refractivity contribution in [3.63, 3.8) is 0 Å². The molecule has 0 unspecified atom stereocenters. The van der Waals surface area contributed by atoms with Crippen molar-refractivity contribution in [3.8, 4) is 0 Å². The molecule has 0 saturated carbocycles. The standard InChI is InChI=1S/C19H25N3O2S/c1-13-7-9-14(10-8-13)17(15-6-5-11-25-15)20-12-16(23)21-18(24)22-19(2,3)4/h5-11,17,20H,12H2,1-4H3,(H2,21,22,23,24)/t17-/m1/s1. The summed E-state index contributed by atoms with van der Waals surface area (Å²) in [5.74, 6) is -0.365. The second-order valence-electron chi connectivity index (χ2n) is 6.99. The van der Waals surface area contributed by atoms with Crippen LogP contribution in [-0.2, 0) is 4.79 Å². The number of imide groups is 1. The van der Waals surface area contributed by atoms with E-state index in [-0.39, 0.29) is 24.0 Å². The lowest BCUT2D eigenvalue weighted by Crippen LogP contribution is -2.50. The molecule has 2 rings (SSSR count). The average molecular weight is 359 g/mol. The van der Waals surface area contributed by atoms with Gasteiger partial charge in [-0.1, -0.05) is 35.9 Å². The minimum absolute atomic E-state index is 0.0496. The van der Waals surface area contributed by atoms with Gasteiger partial charge in [-0.25, -0.2) is 4.79 Å². The van der Waals surface area contributed by atoms with Crippen LogP contribution in [0.1, 0.15) is 42.8 Å². The summed E-state index contributed by atoms with van der Waals surface area (Å²) in [7, 11) is 0. The topological polar surface area (TPSA) is 70.2 Å². The van der Waals surface area contributed by atoms with E-state index in [1.165, 1.54) is 5.56 Å².